The van der Waals surface area contributed by atoms with Gasteiger partial charge in [0.15, 0.2) is 5.82 Å². The van der Waals surface area contributed by atoms with Crippen LogP contribution in [0.25, 0.3) is 11.4 Å². The summed E-state index contributed by atoms with van der Waals surface area (Å²) in [6.45, 7) is 4.75. The molecule has 0 saturated carbocycles. The van der Waals surface area contributed by atoms with Gasteiger partial charge in [-0.3, -0.25) is 5.10 Å². The highest BCUT2D eigenvalue weighted by molar-refractivity contribution is 7.99. The quantitative estimate of drug-likeness (QED) is 0.543. The number of aromatic nitrogens is 3. The Labute approximate surface area is 140 Å². The Balaban J connectivity index is 1.52. The molecule has 0 aliphatic rings. The van der Waals surface area contributed by atoms with Crippen molar-refractivity contribution in [2.75, 3.05) is 12.4 Å². The number of benzene rings is 2. The van der Waals surface area contributed by atoms with E-state index in [1.165, 1.54) is 5.56 Å². The van der Waals surface area contributed by atoms with Crippen LogP contribution in [0.5, 0.6) is 5.75 Å². The van der Waals surface area contributed by atoms with E-state index in [0.717, 1.165) is 33.6 Å². The third-order valence-electron chi connectivity index (χ3n) is 3.46. The number of nitrogens with one attached hydrogen (secondary N) is 1. The first kappa shape index (κ1) is 15.6. The van der Waals surface area contributed by atoms with Crippen LogP contribution in [0.4, 0.5) is 0 Å². The van der Waals surface area contributed by atoms with Gasteiger partial charge in [0.25, 0.3) is 0 Å². The van der Waals surface area contributed by atoms with Crippen molar-refractivity contribution in [2.45, 2.75) is 19.0 Å². The number of para-hydroxylation sites is 1. The van der Waals surface area contributed by atoms with Gasteiger partial charge < -0.3 is 4.74 Å². The van der Waals surface area contributed by atoms with Gasteiger partial charge in [0, 0.05) is 11.3 Å². The highest BCUT2D eigenvalue weighted by Gasteiger charge is 2.06. The Morgan fingerprint density at radius 2 is 1.83 bits per heavy atom. The van der Waals surface area contributed by atoms with E-state index in [9.17, 15) is 0 Å². The average Bonchev–Trinajstić information content (AvgIpc) is 3.03. The predicted molar refractivity (Wildman–Crippen MR) is 94.0 cm³/mol. The predicted octanol–water partition coefficient (Wildman–Crippen LogP) is 4.26. The van der Waals surface area contributed by atoms with Crippen LogP contribution in [0, 0.1) is 13.8 Å². The zero-order chi connectivity index (χ0) is 16.1. The van der Waals surface area contributed by atoms with E-state index in [2.05, 4.69) is 34.2 Å². The molecule has 0 atom stereocenters. The van der Waals surface area contributed by atoms with Gasteiger partial charge in [-0.25, -0.2) is 4.98 Å². The van der Waals surface area contributed by atoms with Crippen LogP contribution in [0.1, 0.15) is 11.1 Å². The number of ether oxygens (including phenoxy) is 1. The maximum Gasteiger partial charge on any atom is 0.208 e. The van der Waals surface area contributed by atoms with Crippen LogP contribution >= 0.6 is 11.8 Å². The molecule has 0 saturated heterocycles. The lowest BCUT2D eigenvalue weighted by atomic mass is 10.1. The van der Waals surface area contributed by atoms with Gasteiger partial charge in [-0.15, -0.1) is 5.10 Å². The minimum absolute atomic E-state index is 0.629. The maximum absolute atomic E-state index is 5.78. The number of aromatic amines is 1. The van der Waals surface area contributed by atoms with Gasteiger partial charge in [0.05, 0.1) is 6.61 Å². The Hall–Kier alpha value is -2.27. The minimum Gasteiger partial charge on any atom is -0.492 e. The lowest BCUT2D eigenvalue weighted by Gasteiger charge is -2.07. The fourth-order valence-corrected chi connectivity index (χ4v) is 2.77. The van der Waals surface area contributed by atoms with Crippen LogP contribution in [0.2, 0.25) is 0 Å². The number of H-pyrrole nitrogens is 1. The van der Waals surface area contributed by atoms with Crippen LogP contribution in [0.15, 0.2) is 53.7 Å². The molecule has 0 unspecified atom stereocenters. The molecular formula is C18H19N3OS. The van der Waals surface area contributed by atoms with Crippen molar-refractivity contribution in [3.63, 3.8) is 0 Å². The number of rotatable bonds is 6. The molecular weight excluding hydrogens is 306 g/mol. The summed E-state index contributed by atoms with van der Waals surface area (Å²) in [7, 11) is 0. The Morgan fingerprint density at radius 3 is 2.61 bits per heavy atom. The fraction of sp³-hybridized carbons (Fsp3) is 0.222. The smallest absolute Gasteiger partial charge is 0.208 e. The number of aryl methyl sites for hydroxylation is 2. The molecule has 1 N–H and O–H groups in total. The summed E-state index contributed by atoms with van der Waals surface area (Å²) in [6, 6.07) is 16.3. The van der Waals surface area contributed by atoms with Crippen molar-refractivity contribution in [1.29, 1.82) is 0 Å². The molecule has 3 aromatic rings. The number of hydrogen-bond acceptors (Lipinski definition) is 4. The van der Waals surface area contributed by atoms with Gasteiger partial charge >= 0.3 is 0 Å². The van der Waals surface area contributed by atoms with E-state index in [4.69, 9.17) is 4.74 Å². The van der Waals surface area contributed by atoms with E-state index in [-0.39, 0.29) is 0 Å². The zero-order valence-corrected chi connectivity index (χ0v) is 14.1. The largest absolute Gasteiger partial charge is 0.492 e. The monoisotopic (exact) mass is 325 g/mol. The molecule has 0 bridgehead atoms. The first-order valence-corrected chi connectivity index (χ1v) is 8.51. The van der Waals surface area contributed by atoms with Crippen molar-refractivity contribution in [3.8, 4) is 17.1 Å². The molecule has 1 aromatic heterocycles. The fourth-order valence-electron chi connectivity index (χ4n) is 2.15. The van der Waals surface area contributed by atoms with Gasteiger partial charge in [-0.2, -0.15) is 0 Å². The molecule has 0 fully saturated rings. The zero-order valence-electron chi connectivity index (χ0n) is 13.2. The molecule has 0 spiro atoms. The van der Waals surface area contributed by atoms with Crippen LogP contribution < -0.4 is 4.74 Å². The topological polar surface area (TPSA) is 50.8 Å². The second kappa shape index (κ2) is 7.33. The summed E-state index contributed by atoms with van der Waals surface area (Å²) in [6.07, 6.45) is 0. The van der Waals surface area contributed by atoms with Crippen molar-refractivity contribution >= 4 is 11.8 Å². The highest BCUT2D eigenvalue weighted by atomic mass is 32.2. The van der Waals surface area contributed by atoms with Crippen LogP contribution in [0.3, 0.4) is 0 Å². The van der Waals surface area contributed by atoms with E-state index in [1.807, 2.05) is 43.3 Å². The first-order valence-electron chi connectivity index (χ1n) is 7.53. The molecule has 118 valence electrons. The molecule has 0 aliphatic carbocycles. The van der Waals surface area contributed by atoms with E-state index < -0.39 is 0 Å². The molecule has 1 heterocycles. The van der Waals surface area contributed by atoms with Crippen molar-refractivity contribution < 1.29 is 4.74 Å². The third kappa shape index (κ3) is 4.13. The molecule has 23 heavy (non-hydrogen) atoms. The van der Waals surface area contributed by atoms with Crippen LogP contribution in [-0.2, 0) is 0 Å². The summed E-state index contributed by atoms with van der Waals surface area (Å²) < 4.78 is 5.78. The van der Waals surface area contributed by atoms with E-state index >= 15 is 0 Å². The molecule has 3 rings (SSSR count). The summed E-state index contributed by atoms with van der Waals surface area (Å²) in [5.74, 6) is 2.54. The second-order valence-corrected chi connectivity index (χ2v) is 6.36. The summed E-state index contributed by atoms with van der Waals surface area (Å²) in [4.78, 5) is 4.51. The molecule has 2 aromatic carbocycles. The van der Waals surface area contributed by atoms with E-state index in [1.54, 1.807) is 11.8 Å². The van der Waals surface area contributed by atoms with E-state index in [0.29, 0.717) is 6.61 Å². The summed E-state index contributed by atoms with van der Waals surface area (Å²) in [5, 5.41) is 7.98. The maximum atomic E-state index is 5.78. The van der Waals surface area contributed by atoms with Crippen molar-refractivity contribution in [1.82, 2.24) is 15.2 Å². The molecule has 0 aliphatic heterocycles. The standard InChI is InChI=1S/C18H19N3OS/c1-13-7-9-15(10-8-13)17-19-18(21-20-17)23-12-11-22-16-6-4-3-5-14(16)2/h3-10H,11-12H2,1-2H3,(H,19,20,21). The Morgan fingerprint density at radius 1 is 1.04 bits per heavy atom. The third-order valence-corrected chi connectivity index (χ3v) is 4.27. The van der Waals surface area contributed by atoms with Gasteiger partial charge in [0.2, 0.25) is 5.16 Å². The Bertz CT molecular complexity index is 768. The first-order chi connectivity index (χ1) is 11.2. The highest BCUT2D eigenvalue weighted by Crippen LogP contribution is 2.20. The molecule has 0 radical (unpaired) electrons. The van der Waals surface area contributed by atoms with Crippen molar-refractivity contribution in [3.05, 3.63) is 59.7 Å². The summed E-state index contributed by atoms with van der Waals surface area (Å²) >= 11 is 1.59. The average molecular weight is 325 g/mol. The minimum atomic E-state index is 0.629. The number of hydrogen-bond donors (Lipinski definition) is 1. The normalized spacial score (nSPS) is 10.7. The molecule has 0 amide bonds. The SMILES string of the molecule is Cc1ccc(-c2nc(SCCOc3ccccc3C)n[nH]2)cc1. The van der Waals surface area contributed by atoms with Gasteiger partial charge in [-0.1, -0.05) is 59.8 Å². The van der Waals surface area contributed by atoms with Gasteiger partial charge in [-0.05, 0) is 25.5 Å². The summed E-state index contributed by atoms with van der Waals surface area (Å²) in [5.41, 5.74) is 3.43. The molecule has 4 nitrogen and oxygen atoms in total. The van der Waals surface area contributed by atoms with Gasteiger partial charge in [0.1, 0.15) is 5.75 Å². The Kier molecular flexibility index (Phi) is 4.98. The molecule has 5 heteroatoms. The lowest BCUT2D eigenvalue weighted by molar-refractivity contribution is 0.341. The lowest BCUT2D eigenvalue weighted by Crippen LogP contribution is -2.01. The van der Waals surface area contributed by atoms with Crippen LogP contribution in [-0.4, -0.2) is 27.5 Å². The van der Waals surface area contributed by atoms with Crippen molar-refractivity contribution in [2.24, 2.45) is 0 Å². The number of nitrogens with zero attached hydrogens (tertiary/aromatic N) is 2. The number of thioether (sulfide) groups is 1. The second-order valence-electron chi connectivity index (χ2n) is 5.30.